The van der Waals surface area contributed by atoms with Gasteiger partial charge >= 0.3 is 0 Å². The SMILES string of the molecule is CN(CC(=O)Nc1ccccc1Cl)C(=O)CNC(=O)Cc1ccccc1. The van der Waals surface area contributed by atoms with E-state index in [4.69, 9.17) is 11.6 Å². The van der Waals surface area contributed by atoms with Gasteiger partial charge in [-0.2, -0.15) is 0 Å². The highest BCUT2D eigenvalue weighted by Crippen LogP contribution is 2.20. The molecule has 0 aromatic heterocycles. The molecule has 0 radical (unpaired) electrons. The third-order valence-corrected chi connectivity index (χ3v) is 3.93. The Kier molecular flexibility index (Phi) is 7.17. The quantitative estimate of drug-likeness (QED) is 0.780. The number of carbonyl (C=O) groups is 3. The Morgan fingerprint density at radius 2 is 1.62 bits per heavy atom. The summed E-state index contributed by atoms with van der Waals surface area (Å²) in [5.41, 5.74) is 1.35. The van der Waals surface area contributed by atoms with E-state index in [9.17, 15) is 14.4 Å². The molecular weight excluding hydrogens is 354 g/mol. The molecule has 2 aromatic rings. The number of anilines is 1. The van der Waals surface area contributed by atoms with Crippen LogP contribution in [0.1, 0.15) is 5.56 Å². The van der Waals surface area contributed by atoms with E-state index in [-0.39, 0.29) is 37.2 Å². The standard InChI is InChI=1S/C19H20ClN3O3/c1-23(13-18(25)22-16-10-6-5-9-15(16)20)19(26)12-21-17(24)11-14-7-3-2-4-8-14/h2-10H,11-13H2,1H3,(H,21,24)(H,22,25). The first-order valence-electron chi connectivity index (χ1n) is 8.04. The molecule has 26 heavy (non-hydrogen) atoms. The number of benzene rings is 2. The molecule has 0 unspecified atom stereocenters. The van der Waals surface area contributed by atoms with Gasteiger partial charge in [0, 0.05) is 7.05 Å². The molecule has 0 heterocycles. The number of carbonyl (C=O) groups excluding carboxylic acids is 3. The Morgan fingerprint density at radius 1 is 0.962 bits per heavy atom. The van der Waals surface area contributed by atoms with Crippen molar-refractivity contribution in [3.8, 4) is 0 Å². The normalized spacial score (nSPS) is 10.1. The first-order valence-corrected chi connectivity index (χ1v) is 8.42. The van der Waals surface area contributed by atoms with Crippen molar-refractivity contribution in [3.63, 3.8) is 0 Å². The number of halogens is 1. The molecule has 0 aliphatic rings. The van der Waals surface area contributed by atoms with E-state index in [1.54, 1.807) is 24.3 Å². The summed E-state index contributed by atoms with van der Waals surface area (Å²) in [6.45, 7) is -0.305. The fraction of sp³-hybridized carbons (Fsp3) is 0.211. The maximum atomic E-state index is 12.1. The van der Waals surface area contributed by atoms with Gasteiger partial charge in [-0.1, -0.05) is 54.1 Å². The van der Waals surface area contributed by atoms with Gasteiger partial charge in [-0.05, 0) is 17.7 Å². The topological polar surface area (TPSA) is 78.5 Å². The first kappa shape index (κ1) is 19.5. The number of rotatable bonds is 7. The van der Waals surface area contributed by atoms with E-state index >= 15 is 0 Å². The molecule has 2 N–H and O–H groups in total. The average molecular weight is 374 g/mol. The van der Waals surface area contributed by atoms with Crippen molar-refractivity contribution in [1.29, 1.82) is 0 Å². The summed E-state index contributed by atoms with van der Waals surface area (Å²) in [4.78, 5) is 37.2. The first-order chi connectivity index (χ1) is 12.5. The largest absolute Gasteiger partial charge is 0.347 e. The zero-order valence-electron chi connectivity index (χ0n) is 14.4. The second kappa shape index (κ2) is 9.58. The van der Waals surface area contributed by atoms with Crippen LogP contribution >= 0.6 is 11.6 Å². The molecule has 2 rings (SSSR count). The third-order valence-electron chi connectivity index (χ3n) is 3.60. The van der Waals surface area contributed by atoms with Crippen molar-refractivity contribution in [2.45, 2.75) is 6.42 Å². The summed E-state index contributed by atoms with van der Waals surface area (Å²) in [6, 6.07) is 16.1. The lowest BCUT2D eigenvalue weighted by atomic mass is 10.1. The Bertz CT molecular complexity index is 781. The second-order valence-electron chi connectivity index (χ2n) is 5.72. The maximum absolute atomic E-state index is 12.1. The Labute approximate surface area is 157 Å². The number of hydrogen-bond donors (Lipinski definition) is 2. The summed E-state index contributed by atoms with van der Waals surface area (Å²) in [5.74, 6) is -0.983. The zero-order valence-corrected chi connectivity index (χ0v) is 15.1. The molecular formula is C19H20ClN3O3. The molecule has 0 atom stereocenters. The van der Waals surface area contributed by atoms with Crippen LogP contribution in [0.25, 0.3) is 0 Å². The molecule has 7 heteroatoms. The Hall–Kier alpha value is -2.86. The van der Waals surface area contributed by atoms with Crippen molar-refractivity contribution in [2.75, 3.05) is 25.5 Å². The highest BCUT2D eigenvalue weighted by molar-refractivity contribution is 6.33. The molecule has 6 nitrogen and oxygen atoms in total. The van der Waals surface area contributed by atoms with Crippen molar-refractivity contribution < 1.29 is 14.4 Å². The van der Waals surface area contributed by atoms with Crippen LogP contribution in [0.4, 0.5) is 5.69 Å². The van der Waals surface area contributed by atoms with Gasteiger partial charge in [0.25, 0.3) is 0 Å². The van der Waals surface area contributed by atoms with Crippen LogP contribution in [-0.4, -0.2) is 42.8 Å². The van der Waals surface area contributed by atoms with Crippen LogP contribution < -0.4 is 10.6 Å². The lowest BCUT2D eigenvalue weighted by Crippen LogP contribution is -2.41. The minimum absolute atomic E-state index is 0.140. The second-order valence-corrected chi connectivity index (χ2v) is 6.12. The van der Waals surface area contributed by atoms with Gasteiger partial charge in [-0.15, -0.1) is 0 Å². The average Bonchev–Trinajstić information content (AvgIpc) is 2.62. The summed E-state index contributed by atoms with van der Waals surface area (Å²) < 4.78 is 0. The lowest BCUT2D eigenvalue weighted by molar-refractivity contribution is -0.134. The van der Waals surface area contributed by atoms with E-state index in [1.807, 2.05) is 30.3 Å². The summed E-state index contributed by atoms with van der Waals surface area (Å²) in [5, 5.41) is 5.62. The maximum Gasteiger partial charge on any atom is 0.244 e. The fourth-order valence-corrected chi connectivity index (χ4v) is 2.39. The number of hydrogen-bond acceptors (Lipinski definition) is 3. The van der Waals surface area contributed by atoms with Gasteiger partial charge in [0.2, 0.25) is 17.7 Å². The molecule has 0 fully saturated rings. The Morgan fingerprint density at radius 3 is 2.31 bits per heavy atom. The molecule has 0 spiro atoms. The minimum Gasteiger partial charge on any atom is -0.347 e. The molecule has 0 aliphatic carbocycles. The molecule has 2 aromatic carbocycles. The summed E-state index contributed by atoms with van der Waals surface area (Å²) in [6.07, 6.45) is 0.199. The molecule has 0 aliphatic heterocycles. The lowest BCUT2D eigenvalue weighted by Gasteiger charge is -2.17. The highest BCUT2D eigenvalue weighted by Gasteiger charge is 2.15. The zero-order chi connectivity index (χ0) is 18.9. The van der Waals surface area contributed by atoms with Gasteiger partial charge < -0.3 is 15.5 Å². The Balaban J connectivity index is 1.75. The van der Waals surface area contributed by atoms with Crippen molar-refractivity contribution in [3.05, 3.63) is 65.2 Å². The number of para-hydroxylation sites is 1. The van der Waals surface area contributed by atoms with E-state index in [0.29, 0.717) is 10.7 Å². The smallest absolute Gasteiger partial charge is 0.244 e. The van der Waals surface area contributed by atoms with Crippen LogP contribution in [0.5, 0.6) is 0 Å². The van der Waals surface area contributed by atoms with Crippen molar-refractivity contribution in [1.82, 2.24) is 10.2 Å². The summed E-state index contributed by atoms with van der Waals surface area (Å²) >= 11 is 5.98. The minimum atomic E-state index is -0.371. The van der Waals surface area contributed by atoms with E-state index in [0.717, 1.165) is 5.56 Å². The highest BCUT2D eigenvalue weighted by atomic mass is 35.5. The van der Waals surface area contributed by atoms with E-state index < -0.39 is 0 Å². The number of amides is 3. The van der Waals surface area contributed by atoms with Gasteiger partial charge in [0.15, 0.2) is 0 Å². The predicted molar refractivity (Wildman–Crippen MR) is 101 cm³/mol. The molecule has 3 amide bonds. The molecule has 0 saturated heterocycles. The van der Waals surface area contributed by atoms with Crippen LogP contribution in [0.2, 0.25) is 5.02 Å². The van der Waals surface area contributed by atoms with Gasteiger partial charge in [-0.25, -0.2) is 0 Å². The van der Waals surface area contributed by atoms with Gasteiger partial charge in [-0.3, -0.25) is 14.4 Å². The molecule has 136 valence electrons. The van der Waals surface area contributed by atoms with E-state index in [1.165, 1.54) is 11.9 Å². The number of likely N-dealkylation sites (N-methyl/N-ethyl adjacent to an activating group) is 1. The van der Waals surface area contributed by atoms with Crippen molar-refractivity contribution in [2.24, 2.45) is 0 Å². The number of nitrogens with one attached hydrogen (secondary N) is 2. The predicted octanol–water partition coefficient (Wildman–Crippen LogP) is 2.10. The van der Waals surface area contributed by atoms with Crippen LogP contribution in [0.15, 0.2) is 54.6 Å². The van der Waals surface area contributed by atoms with Crippen LogP contribution in [-0.2, 0) is 20.8 Å². The monoisotopic (exact) mass is 373 g/mol. The summed E-state index contributed by atoms with van der Waals surface area (Å²) in [7, 11) is 1.50. The third kappa shape index (κ3) is 6.22. The van der Waals surface area contributed by atoms with Crippen molar-refractivity contribution >= 4 is 35.0 Å². The fourth-order valence-electron chi connectivity index (χ4n) is 2.21. The van der Waals surface area contributed by atoms with Gasteiger partial charge in [0.05, 0.1) is 30.2 Å². The van der Waals surface area contributed by atoms with Gasteiger partial charge in [0.1, 0.15) is 0 Å². The number of nitrogens with zero attached hydrogens (tertiary/aromatic N) is 1. The van der Waals surface area contributed by atoms with E-state index in [2.05, 4.69) is 10.6 Å². The van der Waals surface area contributed by atoms with Crippen LogP contribution in [0, 0.1) is 0 Å². The van der Waals surface area contributed by atoms with Crippen LogP contribution in [0.3, 0.4) is 0 Å². The molecule has 0 bridgehead atoms. The molecule has 0 saturated carbocycles.